The maximum Gasteiger partial charge on any atom is 0.178 e. The van der Waals surface area contributed by atoms with Crippen molar-refractivity contribution in [2.75, 3.05) is 33.2 Å². The van der Waals surface area contributed by atoms with Crippen molar-refractivity contribution in [3.05, 3.63) is 35.2 Å². The van der Waals surface area contributed by atoms with Crippen molar-refractivity contribution in [1.82, 2.24) is 20.3 Å². The second-order valence-electron chi connectivity index (χ2n) is 8.71. The largest absolute Gasteiger partial charge is 0.508 e. The molecule has 2 aromatic rings. The zero-order valence-corrected chi connectivity index (χ0v) is 18.3. The highest BCUT2D eigenvalue weighted by Crippen LogP contribution is 2.44. The lowest BCUT2D eigenvalue weighted by Gasteiger charge is -2.36. The molecule has 2 aliphatic rings. The number of nitrogens with one attached hydrogen (secondary N) is 1. The van der Waals surface area contributed by atoms with Gasteiger partial charge in [0.25, 0.3) is 0 Å². The van der Waals surface area contributed by atoms with E-state index in [9.17, 15) is 10.2 Å². The SMILES string of the molecule is CCNCc1noc(-c2cc(C(C)C)c(O)cc2O)c1C1=CN2CCN(C)CC2C1. The van der Waals surface area contributed by atoms with Gasteiger partial charge in [0.2, 0.25) is 0 Å². The van der Waals surface area contributed by atoms with E-state index in [1.54, 1.807) is 0 Å². The van der Waals surface area contributed by atoms with Crippen LogP contribution in [-0.2, 0) is 6.54 Å². The highest BCUT2D eigenvalue weighted by Gasteiger charge is 2.33. The molecule has 2 aliphatic heterocycles. The third-order valence-corrected chi connectivity index (χ3v) is 6.15. The number of benzene rings is 1. The topological polar surface area (TPSA) is 85.0 Å². The van der Waals surface area contributed by atoms with E-state index in [4.69, 9.17) is 4.52 Å². The van der Waals surface area contributed by atoms with Crippen LogP contribution in [0.2, 0.25) is 0 Å². The van der Waals surface area contributed by atoms with Gasteiger partial charge < -0.3 is 29.9 Å². The molecule has 7 heteroatoms. The Hall–Kier alpha value is -2.51. The van der Waals surface area contributed by atoms with E-state index in [-0.39, 0.29) is 17.4 Å². The molecule has 162 valence electrons. The van der Waals surface area contributed by atoms with Crippen molar-refractivity contribution in [1.29, 1.82) is 0 Å². The standard InChI is InChI=1S/C23H32N4O3/c1-5-24-11-19-22(15-8-16-13-26(4)6-7-27(16)12-15)23(30-25-19)18-9-17(14(2)3)20(28)10-21(18)29/h9-10,12,14,16,24,28-29H,5-8,11,13H2,1-4H3. The lowest BCUT2D eigenvalue weighted by molar-refractivity contribution is 0.146. The molecule has 4 rings (SSSR count). The number of aromatic nitrogens is 1. The Morgan fingerprint density at radius 1 is 1.23 bits per heavy atom. The molecule has 3 heterocycles. The van der Waals surface area contributed by atoms with Crippen molar-refractivity contribution in [3.63, 3.8) is 0 Å². The van der Waals surface area contributed by atoms with Gasteiger partial charge in [0.1, 0.15) is 17.2 Å². The van der Waals surface area contributed by atoms with Crippen LogP contribution in [0.25, 0.3) is 16.9 Å². The zero-order chi connectivity index (χ0) is 21.4. The van der Waals surface area contributed by atoms with Crippen LogP contribution in [0, 0.1) is 0 Å². The van der Waals surface area contributed by atoms with E-state index < -0.39 is 0 Å². The van der Waals surface area contributed by atoms with E-state index in [0.717, 1.165) is 49.4 Å². The number of rotatable bonds is 6. The van der Waals surface area contributed by atoms with Gasteiger partial charge in [-0.15, -0.1) is 0 Å². The van der Waals surface area contributed by atoms with Gasteiger partial charge in [0, 0.05) is 44.5 Å². The first kappa shape index (κ1) is 20.8. The van der Waals surface area contributed by atoms with Crippen molar-refractivity contribution < 1.29 is 14.7 Å². The quantitative estimate of drug-likeness (QED) is 0.671. The Balaban J connectivity index is 1.79. The van der Waals surface area contributed by atoms with E-state index in [2.05, 4.69) is 40.4 Å². The molecular weight excluding hydrogens is 380 g/mol. The molecular formula is C23H32N4O3. The van der Waals surface area contributed by atoms with Gasteiger partial charge in [-0.1, -0.05) is 25.9 Å². The molecule has 0 spiro atoms. The molecule has 1 fully saturated rings. The number of piperazine rings is 1. The first-order valence-corrected chi connectivity index (χ1v) is 10.8. The number of likely N-dealkylation sites (N-methyl/N-ethyl adjacent to an activating group) is 1. The van der Waals surface area contributed by atoms with Crippen LogP contribution in [-0.4, -0.2) is 64.4 Å². The minimum atomic E-state index is 0.000327. The molecule has 1 saturated heterocycles. The van der Waals surface area contributed by atoms with Crippen LogP contribution in [0.15, 0.2) is 22.9 Å². The van der Waals surface area contributed by atoms with Crippen LogP contribution in [0.4, 0.5) is 0 Å². The fourth-order valence-corrected chi connectivity index (χ4v) is 4.49. The van der Waals surface area contributed by atoms with Crippen molar-refractivity contribution >= 4 is 5.57 Å². The summed E-state index contributed by atoms with van der Waals surface area (Å²) in [5.74, 6) is 0.787. The highest BCUT2D eigenvalue weighted by molar-refractivity contribution is 5.83. The Morgan fingerprint density at radius 3 is 2.77 bits per heavy atom. The first-order valence-electron chi connectivity index (χ1n) is 10.8. The van der Waals surface area contributed by atoms with Crippen LogP contribution >= 0.6 is 0 Å². The summed E-state index contributed by atoms with van der Waals surface area (Å²) in [5, 5.41) is 28.6. The summed E-state index contributed by atoms with van der Waals surface area (Å²) < 4.78 is 5.82. The summed E-state index contributed by atoms with van der Waals surface area (Å²) in [5.41, 5.74) is 4.36. The Labute approximate surface area is 178 Å². The third kappa shape index (κ3) is 3.79. The van der Waals surface area contributed by atoms with Crippen molar-refractivity contribution in [2.24, 2.45) is 0 Å². The fraction of sp³-hybridized carbons (Fsp3) is 0.522. The Bertz CT molecular complexity index is 950. The van der Waals surface area contributed by atoms with E-state index in [1.165, 1.54) is 11.6 Å². The second kappa shape index (κ2) is 8.32. The summed E-state index contributed by atoms with van der Waals surface area (Å²) in [4.78, 5) is 4.78. The molecule has 1 aromatic heterocycles. The summed E-state index contributed by atoms with van der Waals surface area (Å²) >= 11 is 0. The molecule has 1 aromatic carbocycles. The number of phenolic OH excluding ortho intramolecular Hbond substituents is 2. The molecule has 0 bridgehead atoms. The molecule has 30 heavy (non-hydrogen) atoms. The van der Waals surface area contributed by atoms with Gasteiger partial charge in [0.05, 0.1) is 11.1 Å². The predicted molar refractivity (Wildman–Crippen MR) is 117 cm³/mol. The minimum absolute atomic E-state index is 0.000327. The smallest absolute Gasteiger partial charge is 0.178 e. The average Bonchev–Trinajstić information content (AvgIpc) is 3.29. The minimum Gasteiger partial charge on any atom is -0.508 e. The lowest BCUT2D eigenvalue weighted by Crippen LogP contribution is -2.47. The van der Waals surface area contributed by atoms with E-state index in [1.807, 2.05) is 19.9 Å². The normalized spacial score (nSPS) is 19.4. The molecule has 0 radical (unpaired) electrons. The van der Waals surface area contributed by atoms with Crippen LogP contribution in [0.3, 0.4) is 0 Å². The monoisotopic (exact) mass is 412 g/mol. The molecule has 0 aliphatic carbocycles. The Kier molecular flexibility index (Phi) is 5.75. The number of fused-ring (bicyclic) bond motifs is 1. The molecule has 3 N–H and O–H groups in total. The number of aromatic hydroxyl groups is 2. The Morgan fingerprint density at radius 2 is 2.03 bits per heavy atom. The average molecular weight is 413 g/mol. The maximum atomic E-state index is 10.6. The number of nitrogens with zero attached hydrogens (tertiary/aromatic N) is 3. The second-order valence-corrected chi connectivity index (χ2v) is 8.71. The summed E-state index contributed by atoms with van der Waals surface area (Å²) in [7, 11) is 2.17. The maximum absolute atomic E-state index is 10.6. The number of hydrogen-bond acceptors (Lipinski definition) is 7. The van der Waals surface area contributed by atoms with Gasteiger partial charge in [0.15, 0.2) is 5.76 Å². The van der Waals surface area contributed by atoms with Gasteiger partial charge in [-0.25, -0.2) is 0 Å². The van der Waals surface area contributed by atoms with Crippen LogP contribution in [0.1, 0.15) is 49.9 Å². The fourth-order valence-electron chi connectivity index (χ4n) is 4.49. The highest BCUT2D eigenvalue weighted by atomic mass is 16.5. The van der Waals surface area contributed by atoms with E-state index in [0.29, 0.717) is 23.9 Å². The predicted octanol–water partition coefficient (Wildman–Crippen LogP) is 3.35. The number of phenols is 2. The van der Waals surface area contributed by atoms with E-state index >= 15 is 0 Å². The molecule has 0 saturated carbocycles. The summed E-state index contributed by atoms with van der Waals surface area (Å²) in [6.07, 6.45) is 3.16. The molecule has 1 unspecified atom stereocenters. The number of hydrogen-bond donors (Lipinski definition) is 3. The molecule has 0 amide bonds. The van der Waals surface area contributed by atoms with Gasteiger partial charge in [-0.05, 0) is 43.1 Å². The summed E-state index contributed by atoms with van der Waals surface area (Å²) in [6, 6.07) is 3.68. The lowest BCUT2D eigenvalue weighted by atomic mass is 9.93. The zero-order valence-electron chi connectivity index (χ0n) is 18.3. The third-order valence-electron chi connectivity index (χ3n) is 6.15. The van der Waals surface area contributed by atoms with Crippen LogP contribution in [0.5, 0.6) is 11.5 Å². The first-order chi connectivity index (χ1) is 14.4. The van der Waals surface area contributed by atoms with Crippen molar-refractivity contribution in [3.8, 4) is 22.8 Å². The van der Waals surface area contributed by atoms with Crippen LogP contribution < -0.4 is 5.32 Å². The molecule has 7 nitrogen and oxygen atoms in total. The molecule has 1 atom stereocenters. The van der Waals surface area contributed by atoms with Gasteiger partial charge >= 0.3 is 0 Å². The van der Waals surface area contributed by atoms with Crippen molar-refractivity contribution in [2.45, 2.75) is 45.7 Å². The van der Waals surface area contributed by atoms with Gasteiger partial charge in [-0.3, -0.25) is 0 Å². The summed E-state index contributed by atoms with van der Waals surface area (Å²) in [6.45, 7) is 10.6. The van der Waals surface area contributed by atoms with Gasteiger partial charge in [-0.2, -0.15) is 0 Å².